The van der Waals surface area contributed by atoms with E-state index in [1.54, 1.807) is 18.2 Å². The van der Waals surface area contributed by atoms with E-state index in [0.29, 0.717) is 22.0 Å². The van der Waals surface area contributed by atoms with Gasteiger partial charge in [-0.25, -0.2) is 4.79 Å². The van der Waals surface area contributed by atoms with E-state index in [4.69, 9.17) is 32.8 Å². The molecule has 0 amide bonds. The molecule has 1 aliphatic heterocycles. The molecule has 112 valence electrons. The van der Waals surface area contributed by atoms with Crippen molar-refractivity contribution >= 4 is 34.9 Å². The number of carbonyl (C=O) groups excluding carboxylic acids is 1. The smallest absolute Gasteiger partial charge is 0.354 e. The second kappa shape index (κ2) is 5.50. The Bertz CT molecular complexity index is 597. The highest BCUT2D eigenvalue weighted by atomic mass is 35.5. The molecule has 21 heavy (non-hydrogen) atoms. The molecule has 2 atom stereocenters. The van der Waals surface area contributed by atoms with Crippen LogP contribution in [-0.4, -0.2) is 17.3 Å². The predicted molar refractivity (Wildman–Crippen MR) is 80.5 cm³/mol. The van der Waals surface area contributed by atoms with Gasteiger partial charge in [-0.15, -0.1) is 0 Å². The molecule has 3 rings (SSSR count). The summed E-state index contributed by atoms with van der Waals surface area (Å²) in [5.41, 5.74) is 0.522. The Hall–Kier alpha value is -1.26. The zero-order valence-corrected chi connectivity index (χ0v) is 13.1. The molecular formula is C15H15Cl2NO3. The lowest BCUT2D eigenvalue weighted by Gasteiger charge is -2.24. The highest BCUT2D eigenvalue weighted by Crippen LogP contribution is 2.44. The quantitative estimate of drug-likeness (QED) is 0.789. The number of halogens is 2. The van der Waals surface area contributed by atoms with Gasteiger partial charge in [0.1, 0.15) is 6.61 Å². The van der Waals surface area contributed by atoms with Gasteiger partial charge in [0.2, 0.25) is 5.60 Å². The van der Waals surface area contributed by atoms with Gasteiger partial charge < -0.3 is 9.57 Å². The van der Waals surface area contributed by atoms with Crippen molar-refractivity contribution in [1.82, 2.24) is 0 Å². The summed E-state index contributed by atoms with van der Waals surface area (Å²) in [5.74, 6) is -0.367. The summed E-state index contributed by atoms with van der Waals surface area (Å²) in [7, 11) is 0. The standard InChI is InChI=1S/C15H15Cl2NO3/c1-9-11-4-3-7-15(11,21-18-9)14(19)20-8-10-12(16)5-2-6-13(10)17/h2,5-6,11H,3-4,7-8H2,1H3. The van der Waals surface area contributed by atoms with Crippen molar-refractivity contribution in [1.29, 1.82) is 0 Å². The van der Waals surface area contributed by atoms with Gasteiger partial charge in [0.15, 0.2) is 0 Å². The molecule has 1 aromatic carbocycles. The summed E-state index contributed by atoms with van der Waals surface area (Å²) in [6, 6.07) is 5.18. The normalized spacial score (nSPS) is 27.0. The van der Waals surface area contributed by atoms with Gasteiger partial charge >= 0.3 is 5.97 Å². The first kappa shape index (κ1) is 14.7. The van der Waals surface area contributed by atoms with Crippen molar-refractivity contribution < 1.29 is 14.4 Å². The molecular weight excluding hydrogens is 313 g/mol. The minimum Gasteiger partial charge on any atom is -0.458 e. The number of oxime groups is 1. The Balaban J connectivity index is 1.73. The lowest BCUT2D eigenvalue weighted by molar-refractivity contribution is -0.173. The predicted octanol–water partition coefficient (Wildman–Crippen LogP) is 3.98. The summed E-state index contributed by atoms with van der Waals surface area (Å²) in [6.45, 7) is 1.92. The minimum atomic E-state index is -0.947. The second-order valence-corrected chi connectivity index (χ2v) is 6.25. The van der Waals surface area contributed by atoms with Crippen LogP contribution >= 0.6 is 23.2 Å². The monoisotopic (exact) mass is 327 g/mol. The van der Waals surface area contributed by atoms with Gasteiger partial charge in [0.05, 0.1) is 11.6 Å². The maximum absolute atomic E-state index is 12.5. The summed E-state index contributed by atoms with van der Waals surface area (Å²) >= 11 is 12.2. The van der Waals surface area contributed by atoms with Gasteiger partial charge in [-0.3, -0.25) is 0 Å². The third kappa shape index (κ3) is 2.40. The molecule has 2 unspecified atom stereocenters. The molecule has 0 radical (unpaired) electrons. The summed E-state index contributed by atoms with van der Waals surface area (Å²) in [4.78, 5) is 17.9. The van der Waals surface area contributed by atoms with Crippen LogP contribution in [-0.2, 0) is 21.0 Å². The summed E-state index contributed by atoms with van der Waals surface area (Å²) in [5, 5.41) is 4.93. The summed E-state index contributed by atoms with van der Waals surface area (Å²) < 4.78 is 5.42. The zero-order chi connectivity index (χ0) is 15.0. The van der Waals surface area contributed by atoms with Crippen LogP contribution in [0.15, 0.2) is 23.4 Å². The number of hydrogen-bond acceptors (Lipinski definition) is 4. The molecule has 1 heterocycles. The Morgan fingerprint density at radius 2 is 2.19 bits per heavy atom. The fourth-order valence-corrected chi connectivity index (χ4v) is 3.57. The van der Waals surface area contributed by atoms with E-state index in [-0.39, 0.29) is 18.5 Å². The molecule has 1 aromatic rings. The molecule has 1 fully saturated rings. The van der Waals surface area contributed by atoms with Crippen molar-refractivity contribution in [2.24, 2.45) is 11.1 Å². The third-order valence-electron chi connectivity index (χ3n) is 4.22. The Morgan fingerprint density at radius 1 is 1.48 bits per heavy atom. The average molecular weight is 328 g/mol. The number of hydrogen-bond donors (Lipinski definition) is 0. The topological polar surface area (TPSA) is 47.9 Å². The van der Waals surface area contributed by atoms with Gasteiger partial charge in [-0.05, 0) is 31.9 Å². The SMILES string of the molecule is CC1=NOC2(C(=O)OCc3c(Cl)cccc3Cl)CCCC12. The molecule has 0 aromatic heterocycles. The number of rotatable bonds is 3. The maximum Gasteiger partial charge on any atom is 0.354 e. The molecule has 0 saturated heterocycles. The molecule has 1 aliphatic carbocycles. The van der Waals surface area contributed by atoms with Crippen molar-refractivity contribution in [3.8, 4) is 0 Å². The number of nitrogens with zero attached hydrogens (tertiary/aromatic N) is 1. The van der Waals surface area contributed by atoms with Crippen molar-refractivity contribution in [3.63, 3.8) is 0 Å². The van der Waals surface area contributed by atoms with Crippen LogP contribution in [0.2, 0.25) is 10.0 Å². The molecule has 1 saturated carbocycles. The second-order valence-electron chi connectivity index (χ2n) is 5.43. The van der Waals surface area contributed by atoms with Gasteiger partial charge in [0, 0.05) is 22.0 Å². The number of ether oxygens (including phenoxy) is 1. The van der Waals surface area contributed by atoms with E-state index in [1.807, 2.05) is 6.92 Å². The summed E-state index contributed by atoms with van der Waals surface area (Å²) in [6.07, 6.45) is 2.46. The zero-order valence-electron chi connectivity index (χ0n) is 11.6. The van der Waals surface area contributed by atoms with Crippen LogP contribution in [0, 0.1) is 5.92 Å². The van der Waals surface area contributed by atoms with Crippen molar-refractivity contribution in [3.05, 3.63) is 33.8 Å². The first-order valence-electron chi connectivity index (χ1n) is 6.87. The number of fused-ring (bicyclic) bond motifs is 1. The Kier molecular flexibility index (Phi) is 3.84. The van der Waals surface area contributed by atoms with Crippen LogP contribution < -0.4 is 0 Å². The van der Waals surface area contributed by atoms with Crippen LogP contribution in [0.5, 0.6) is 0 Å². The molecule has 6 heteroatoms. The third-order valence-corrected chi connectivity index (χ3v) is 4.92. The van der Waals surface area contributed by atoms with Crippen LogP contribution in [0.4, 0.5) is 0 Å². The number of esters is 1. The first-order chi connectivity index (χ1) is 10.0. The number of carbonyl (C=O) groups is 1. The van der Waals surface area contributed by atoms with E-state index < -0.39 is 5.60 Å². The fraction of sp³-hybridized carbons (Fsp3) is 0.467. The van der Waals surface area contributed by atoms with Gasteiger partial charge in [0.25, 0.3) is 0 Å². The van der Waals surface area contributed by atoms with E-state index in [1.165, 1.54) is 0 Å². The van der Waals surface area contributed by atoms with E-state index in [2.05, 4.69) is 5.16 Å². The molecule has 0 spiro atoms. The van der Waals surface area contributed by atoms with Crippen LogP contribution in [0.25, 0.3) is 0 Å². The van der Waals surface area contributed by atoms with E-state index in [0.717, 1.165) is 18.6 Å². The van der Waals surface area contributed by atoms with Gasteiger partial charge in [-0.1, -0.05) is 34.4 Å². The molecule has 4 nitrogen and oxygen atoms in total. The van der Waals surface area contributed by atoms with Gasteiger partial charge in [-0.2, -0.15) is 0 Å². The fourth-order valence-electron chi connectivity index (χ4n) is 3.06. The Labute approximate surface area is 133 Å². The minimum absolute atomic E-state index is 0.0201. The number of benzene rings is 1. The van der Waals surface area contributed by atoms with Crippen molar-refractivity contribution in [2.45, 2.75) is 38.4 Å². The lowest BCUT2D eigenvalue weighted by atomic mass is 9.88. The van der Waals surface area contributed by atoms with Crippen LogP contribution in [0.3, 0.4) is 0 Å². The highest BCUT2D eigenvalue weighted by Gasteiger charge is 2.57. The first-order valence-corrected chi connectivity index (χ1v) is 7.63. The Morgan fingerprint density at radius 3 is 2.90 bits per heavy atom. The average Bonchev–Trinajstić information content (AvgIpc) is 3.00. The van der Waals surface area contributed by atoms with E-state index in [9.17, 15) is 4.79 Å². The van der Waals surface area contributed by atoms with Crippen molar-refractivity contribution in [2.75, 3.05) is 0 Å². The molecule has 2 aliphatic rings. The van der Waals surface area contributed by atoms with E-state index >= 15 is 0 Å². The highest BCUT2D eigenvalue weighted by molar-refractivity contribution is 6.35. The lowest BCUT2D eigenvalue weighted by Crippen LogP contribution is -2.43. The maximum atomic E-state index is 12.5. The largest absolute Gasteiger partial charge is 0.458 e. The molecule has 0 bridgehead atoms. The molecule has 0 N–H and O–H groups in total. The van der Waals surface area contributed by atoms with Crippen LogP contribution in [0.1, 0.15) is 31.7 Å².